The van der Waals surface area contributed by atoms with Gasteiger partial charge in [0.15, 0.2) is 5.76 Å². The van der Waals surface area contributed by atoms with Gasteiger partial charge in [-0.15, -0.1) is 0 Å². The standard InChI is InChI=1S/C23H19FN2O2/c1-15-4-6-17(7-5-15)20-21(18-8-10-19(24)11-9-18)26(23(28)22(20)27)14-16-3-2-12-25-13-16/h2-13,21,27H,14H2,1H3. The molecule has 0 spiro atoms. The van der Waals surface area contributed by atoms with E-state index in [2.05, 4.69) is 4.98 Å². The van der Waals surface area contributed by atoms with E-state index in [1.165, 1.54) is 12.1 Å². The largest absolute Gasteiger partial charge is 0.503 e. The fourth-order valence-corrected chi connectivity index (χ4v) is 3.52. The van der Waals surface area contributed by atoms with Crippen LogP contribution in [0.1, 0.15) is 28.3 Å². The lowest BCUT2D eigenvalue weighted by atomic mass is 9.93. The van der Waals surface area contributed by atoms with Crippen LogP contribution in [0.15, 0.2) is 78.8 Å². The molecule has 2 aromatic carbocycles. The van der Waals surface area contributed by atoms with Crippen molar-refractivity contribution in [1.29, 1.82) is 0 Å². The van der Waals surface area contributed by atoms with Gasteiger partial charge in [-0.3, -0.25) is 9.78 Å². The number of aliphatic hydroxyl groups excluding tert-OH is 1. The van der Waals surface area contributed by atoms with Gasteiger partial charge >= 0.3 is 0 Å². The molecule has 1 aliphatic heterocycles. The topological polar surface area (TPSA) is 53.4 Å². The highest BCUT2D eigenvalue weighted by molar-refractivity contribution is 6.05. The number of nitrogens with zero attached hydrogens (tertiary/aromatic N) is 2. The number of rotatable bonds is 4. The molecule has 1 unspecified atom stereocenters. The monoisotopic (exact) mass is 374 g/mol. The average molecular weight is 374 g/mol. The number of carbonyl (C=O) groups excluding carboxylic acids is 1. The number of aliphatic hydroxyl groups is 1. The van der Waals surface area contributed by atoms with Crippen LogP contribution < -0.4 is 0 Å². The second kappa shape index (κ2) is 7.27. The zero-order valence-corrected chi connectivity index (χ0v) is 15.3. The molecule has 3 aromatic rings. The van der Waals surface area contributed by atoms with Crippen molar-refractivity contribution in [1.82, 2.24) is 9.88 Å². The predicted molar refractivity (Wildman–Crippen MR) is 105 cm³/mol. The van der Waals surface area contributed by atoms with E-state index in [0.29, 0.717) is 5.57 Å². The van der Waals surface area contributed by atoms with Crippen molar-refractivity contribution in [3.05, 3.63) is 107 Å². The highest BCUT2D eigenvalue weighted by Gasteiger charge is 2.40. The summed E-state index contributed by atoms with van der Waals surface area (Å²) in [7, 11) is 0. The summed E-state index contributed by atoms with van der Waals surface area (Å²) >= 11 is 0. The summed E-state index contributed by atoms with van der Waals surface area (Å²) in [5, 5.41) is 10.7. The summed E-state index contributed by atoms with van der Waals surface area (Å²) < 4.78 is 13.5. The number of aromatic nitrogens is 1. The Morgan fingerprint density at radius 2 is 1.79 bits per heavy atom. The molecule has 0 radical (unpaired) electrons. The van der Waals surface area contributed by atoms with Gasteiger partial charge in [0.2, 0.25) is 0 Å². The van der Waals surface area contributed by atoms with E-state index in [0.717, 1.165) is 22.3 Å². The summed E-state index contributed by atoms with van der Waals surface area (Å²) in [5.41, 5.74) is 3.96. The summed E-state index contributed by atoms with van der Waals surface area (Å²) in [6.07, 6.45) is 3.36. The SMILES string of the molecule is Cc1ccc(C2=C(O)C(=O)N(Cc3cccnc3)C2c2ccc(F)cc2)cc1. The zero-order chi connectivity index (χ0) is 19.7. The number of pyridine rings is 1. The first-order valence-electron chi connectivity index (χ1n) is 9.00. The van der Waals surface area contributed by atoms with Crippen LogP contribution in [0.2, 0.25) is 0 Å². The molecular formula is C23H19FN2O2. The van der Waals surface area contributed by atoms with Gasteiger partial charge in [0.25, 0.3) is 5.91 Å². The summed E-state index contributed by atoms with van der Waals surface area (Å²) in [5.74, 6) is -1.08. The Morgan fingerprint density at radius 3 is 2.43 bits per heavy atom. The zero-order valence-electron chi connectivity index (χ0n) is 15.3. The number of aryl methyl sites for hydroxylation is 1. The number of benzene rings is 2. The smallest absolute Gasteiger partial charge is 0.290 e. The van der Waals surface area contributed by atoms with Crippen LogP contribution in [0.4, 0.5) is 4.39 Å². The number of hydrogen-bond donors (Lipinski definition) is 1. The van der Waals surface area contributed by atoms with Crippen molar-refractivity contribution in [3.63, 3.8) is 0 Å². The van der Waals surface area contributed by atoms with Crippen molar-refractivity contribution in [2.45, 2.75) is 19.5 Å². The predicted octanol–water partition coefficient (Wildman–Crippen LogP) is 4.58. The first-order valence-corrected chi connectivity index (χ1v) is 9.00. The van der Waals surface area contributed by atoms with Crippen LogP contribution >= 0.6 is 0 Å². The van der Waals surface area contributed by atoms with Gasteiger partial charge < -0.3 is 10.0 Å². The van der Waals surface area contributed by atoms with Crippen LogP contribution in [0.25, 0.3) is 5.57 Å². The Morgan fingerprint density at radius 1 is 1.07 bits per heavy atom. The van der Waals surface area contributed by atoms with Gasteiger partial charge in [-0.05, 0) is 41.8 Å². The fourth-order valence-electron chi connectivity index (χ4n) is 3.52. The maximum Gasteiger partial charge on any atom is 0.290 e. The van der Waals surface area contributed by atoms with Crippen molar-refractivity contribution < 1.29 is 14.3 Å². The van der Waals surface area contributed by atoms with Gasteiger partial charge in [-0.1, -0.05) is 48.0 Å². The van der Waals surface area contributed by atoms with Crippen LogP contribution in [0, 0.1) is 12.7 Å². The highest BCUT2D eigenvalue weighted by atomic mass is 19.1. The van der Waals surface area contributed by atoms with E-state index in [1.54, 1.807) is 35.5 Å². The second-order valence-electron chi connectivity index (χ2n) is 6.88. The lowest BCUT2D eigenvalue weighted by molar-refractivity contribution is -0.130. The molecule has 0 saturated carbocycles. The van der Waals surface area contributed by atoms with Gasteiger partial charge in [0, 0.05) is 24.5 Å². The molecule has 1 aromatic heterocycles. The molecule has 0 fully saturated rings. The molecule has 140 valence electrons. The Hall–Kier alpha value is -3.47. The van der Waals surface area contributed by atoms with Gasteiger partial charge in [0.1, 0.15) is 5.82 Å². The number of carbonyl (C=O) groups is 1. The molecule has 28 heavy (non-hydrogen) atoms. The van der Waals surface area contributed by atoms with Gasteiger partial charge in [-0.2, -0.15) is 0 Å². The normalized spacial score (nSPS) is 16.7. The lowest BCUT2D eigenvalue weighted by Crippen LogP contribution is -2.29. The van der Waals surface area contributed by atoms with Crippen LogP contribution in [-0.2, 0) is 11.3 Å². The van der Waals surface area contributed by atoms with Gasteiger partial charge in [-0.25, -0.2) is 4.39 Å². The third kappa shape index (κ3) is 3.27. The van der Waals surface area contributed by atoms with Crippen molar-refractivity contribution in [2.24, 2.45) is 0 Å². The van der Waals surface area contributed by atoms with E-state index in [9.17, 15) is 14.3 Å². The van der Waals surface area contributed by atoms with E-state index in [4.69, 9.17) is 0 Å². The Kier molecular flexibility index (Phi) is 4.65. The average Bonchev–Trinajstić information content (AvgIpc) is 2.95. The first kappa shape index (κ1) is 17.9. The summed E-state index contributed by atoms with van der Waals surface area (Å²) in [6, 6.07) is 16.8. The van der Waals surface area contributed by atoms with E-state index in [-0.39, 0.29) is 18.1 Å². The third-order valence-electron chi connectivity index (χ3n) is 4.93. The van der Waals surface area contributed by atoms with Crippen molar-refractivity contribution in [3.8, 4) is 0 Å². The molecule has 1 atom stereocenters. The van der Waals surface area contributed by atoms with E-state index < -0.39 is 11.9 Å². The Labute approximate surface area is 162 Å². The Balaban J connectivity index is 1.81. The molecule has 0 aliphatic carbocycles. The van der Waals surface area contributed by atoms with Crippen LogP contribution in [0.5, 0.6) is 0 Å². The minimum Gasteiger partial charge on any atom is -0.503 e. The van der Waals surface area contributed by atoms with Crippen LogP contribution in [-0.4, -0.2) is 20.9 Å². The minimum atomic E-state index is -0.518. The maximum absolute atomic E-state index is 13.5. The molecule has 1 aliphatic rings. The minimum absolute atomic E-state index is 0.276. The first-order chi connectivity index (χ1) is 13.5. The molecule has 1 amide bonds. The number of halogens is 1. The summed E-state index contributed by atoms with van der Waals surface area (Å²) in [4.78, 5) is 18.6. The van der Waals surface area contributed by atoms with E-state index >= 15 is 0 Å². The molecule has 0 bridgehead atoms. The molecule has 4 nitrogen and oxygen atoms in total. The van der Waals surface area contributed by atoms with E-state index in [1.807, 2.05) is 37.3 Å². The molecule has 4 rings (SSSR count). The van der Waals surface area contributed by atoms with Gasteiger partial charge in [0.05, 0.1) is 6.04 Å². The highest BCUT2D eigenvalue weighted by Crippen LogP contribution is 2.43. The number of hydrogen-bond acceptors (Lipinski definition) is 3. The maximum atomic E-state index is 13.5. The second-order valence-corrected chi connectivity index (χ2v) is 6.88. The van der Waals surface area contributed by atoms with Crippen molar-refractivity contribution >= 4 is 11.5 Å². The van der Waals surface area contributed by atoms with Crippen molar-refractivity contribution in [2.75, 3.05) is 0 Å². The van der Waals surface area contributed by atoms with Crippen LogP contribution in [0.3, 0.4) is 0 Å². The molecular weight excluding hydrogens is 355 g/mol. The summed E-state index contributed by atoms with van der Waals surface area (Å²) in [6.45, 7) is 2.26. The molecule has 1 N–H and O–H groups in total. The lowest BCUT2D eigenvalue weighted by Gasteiger charge is -2.27. The quantitative estimate of drug-likeness (QED) is 0.727. The Bertz CT molecular complexity index is 1030. The molecule has 0 saturated heterocycles. The molecule has 5 heteroatoms. The number of amides is 1. The third-order valence-corrected chi connectivity index (χ3v) is 4.93. The molecule has 2 heterocycles. The fraction of sp³-hybridized carbons (Fsp3) is 0.130.